The van der Waals surface area contributed by atoms with Gasteiger partial charge >= 0.3 is 0 Å². The van der Waals surface area contributed by atoms with Crippen molar-refractivity contribution in [2.45, 2.75) is 32.6 Å². The molecule has 2 N–H and O–H groups in total. The van der Waals surface area contributed by atoms with E-state index in [2.05, 4.69) is 51.1 Å². The Balaban J connectivity index is 2.08. The number of ether oxygens (including phenoxy) is 1. The zero-order chi connectivity index (χ0) is 14.3. The number of aryl methyl sites for hydroxylation is 1. The lowest BCUT2D eigenvalue weighted by Crippen LogP contribution is -2.18. The molecule has 0 amide bonds. The Labute approximate surface area is 120 Å². The molecule has 0 saturated heterocycles. The van der Waals surface area contributed by atoms with Gasteiger partial charge in [-0.05, 0) is 47.4 Å². The van der Waals surface area contributed by atoms with Crippen molar-refractivity contribution in [3.05, 3.63) is 47.5 Å². The third kappa shape index (κ3) is 2.05. The minimum atomic E-state index is 0.0900. The van der Waals surface area contributed by atoms with Gasteiger partial charge in [0, 0.05) is 16.7 Å². The summed E-state index contributed by atoms with van der Waals surface area (Å²) in [5.41, 5.74) is 11.9. The molecule has 2 nitrogen and oxygen atoms in total. The zero-order valence-electron chi connectivity index (χ0n) is 12.4. The third-order valence-electron chi connectivity index (χ3n) is 4.15. The molecule has 1 aliphatic rings. The van der Waals surface area contributed by atoms with E-state index in [9.17, 15) is 0 Å². The fourth-order valence-electron chi connectivity index (χ4n) is 2.79. The minimum Gasteiger partial charge on any atom is -0.492 e. The lowest BCUT2D eigenvalue weighted by molar-refractivity contribution is 0.291. The maximum atomic E-state index is 5.99. The van der Waals surface area contributed by atoms with Gasteiger partial charge in [0.25, 0.3) is 0 Å². The quantitative estimate of drug-likeness (QED) is 0.829. The molecule has 0 atom stereocenters. The summed E-state index contributed by atoms with van der Waals surface area (Å²) >= 11 is 0. The van der Waals surface area contributed by atoms with Crippen LogP contribution in [0.25, 0.3) is 11.1 Å². The number of anilines is 1. The minimum absolute atomic E-state index is 0.0900. The van der Waals surface area contributed by atoms with Crippen molar-refractivity contribution < 1.29 is 4.74 Å². The summed E-state index contributed by atoms with van der Waals surface area (Å²) < 4.78 is 5.75. The molecule has 3 rings (SSSR count). The average molecular weight is 267 g/mol. The first kappa shape index (κ1) is 13.0. The second-order valence-corrected chi connectivity index (χ2v) is 6.15. The van der Waals surface area contributed by atoms with Crippen LogP contribution in [0.1, 0.15) is 31.9 Å². The largest absolute Gasteiger partial charge is 0.492 e. The molecule has 2 heteroatoms. The Morgan fingerprint density at radius 1 is 1.10 bits per heavy atom. The molecule has 104 valence electrons. The molecule has 1 aliphatic heterocycles. The Morgan fingerprint density at radius 3 is 2.55 bits per heavy atom. The van der Waals surface area contributed by atoms with E-state index in [1.165, 1.54) is 22.3 Å². The van der Waals surface area contributed by atoms with E-state index < -0.39 is 0 Å². The van der Waals surface area contributed by atoms with Crippen LogP contribution < -0.4 is 10.5 Å². The number of hydrogen-bond acceptors (Lipinski definition) is 2. The van der Waals surface area contributed by atoms with Gasteiger partial charge in [-0.25, -0.2) is 0 Å². The summed E-state index contributed by atoms with van der Waals surface area (Å²) in [7, 11) is 0. The van der Waals surface area contributed by atoms with Crippen molar-refractivity contribution in [3.63, 3.8) is 0 Å². The van der Waals surface area contributed by atoms with E-state index in [1.54, 1.807) is 0 Å². The predicted molar refractivity (Wildman–Crippen MR) is 84.2 cm³/mol. The van der Waals surface area contributed by atoms with Crippen molar-refractivity contribution in [2.75, 3.05) is 12.3 Å². The molecular formula is C18H21NO. The first-order valence-electron chi connectivity index (χ1n) is 7.17. The van der Waals surface area contributed by atoms with Crippen molar-refractivity contribution in [3.8, 4) is 16.9 Å². The smallest absolute Gasteiger partial charge is 0.123 e. The Hall–Kier alpha value is -1.96. The van der Waals surface area contributed by atoms with Crippen LogP contribution in [0.5, 0.6) is 5.75 Å². The summed E-state index contributed by atoms with van der Waals surface area (Å²) in [4.78, 5) is 0. The van der Waals surface area contributed by atoms with Gasteiger partial charge in [-0.3, -0.25) is 0 Å². The lowest BCUT2D eigenvalue weighted by atomic mass is 9.85. The standard InChI is InChI=1S/C18H21NO/c1-4-12-9-13(5-7-16(12)19)14-6-8-17-15(10-14)18(2,3)11-20-17/h5-10H,4,11,19H2,1-3H3. The summed E-state index contributed by atoms with van der Waals surface area (Å²) in [5.74, 6) is 1.02. The Kier molecular flexibility index (Phi) is 2.97. The summed E-state index contributed by atoms with van der Waals surface area (Å²) in [5, 5.41) is 0. The van der Waals surface area contributed by atoms with Gasteiger partial charge in [-0.15, -0.1) is 0 Å². The third-order valence-corrected chi connectivity index (χ3v) is 4.15. The van der Waals surface area contributed by atoms with Crippen molar-refractivity contribution in [2.24, 2.45) is 0 Å². The van der Waals surface area contributed by atoms with E-state index in [1.807, 2.05) is 6.07 Å². The van der Waals surface area contributed by atoms with Gasteiger partial charge in [0.1, 0.15) is 5.75 Å². The first-order valence-corrected chi connectivity index (χ1v) is 7.17. The normalized spacial score (nSPS) is 15.8. The van der Waals surface area contributed by atoms with Crippen LogP contribution in [0.4, 0.5) is 5.69 Å². The molecule has 0 bridgehead atoms. The monoisotopic (exact) mass is 267 g/mol. The zero-order valence-corrected chi connectivity index (χ0v) is 12.4. The van der Waals surface area contributed by atoms with Crippen LogP contribution >= 0.6 is 0 Å². The molecule has 20 heavy (non-hydrogen) atoms. The molecule has 2 aromatic carbocycles. The van der Waals surface area contributed by atoms with Crippen LogP contribution in [-0.4, -0.2) is 6.61 Å². The molecule has 0 spiro atoms. The van der Waals surface area contributed by atoms with Gasteiger partial charge in [0.2, 0.25) is 0 Å². The number of fused-ring (bicyclic) bond motifs is 1. The highest BCUT2D eigenvalue weighted by Gasteiger charge is 2.31. The van der Waals surface area contributed by atoms with E-state index in [-0.39, 0.29) is 5.41 Å². The van der Waals surface area contributed by atoms with E-state index in [0.717, 1.165) is 24.5 Å². The fraction of sp³-hybridized carbons (Fsp3) is 0.333. The number of nitrogens with two attached hydrogens (primary N) is 1. The Bertz CT molecular complexity index is 658. The first-order chi connectivity index (χ1) is 9.51. The van der Waals surface area contributed by atoms with Crippen molar-refractivity contribution in [1.29, 1.82) is 0 Å². The second kappa shape index (κ2) is 4.55. The molecule has 0 aromatic heterocycles. The highest BCUT2D eigenvalue weighted by molar-refractivity contribution is 5.70. The van der Waals surface area contributed by atoms with Crippen LogP contribution in [-0.2, 0) is 11.8 Å². The van der Waals surface area contributed by atoms with Gasteiger partial charge in [-0.2, -0.15) is 0 Å². The molecule has 0 radical (unpaired) electrons. The molecule has 2 aromatic rings. The maximum absolute atomic E-state index is 5.99. The molecule has 1 heterocycles. The van der Waals surface area contributed by atoms with E-state index in [4.69, 9.17) is 10.5 Å². The van der Waals surface area contributed by atoms with Crippen LogP contribution in [0.15, 0.2) is 36.4 Å². The molecule has 0 aliphatic carbocycles. The fourth-order valence-corrected chi connectivity index (χ4v) is 2.79. The van der Waals surface area contributed by atoms with Gasteiger partial charge < -0.3 is 10.5 Å². The predicted octanol–water partition coefficient (Wildman–Crippen LogP) is 4.17. The Morgan fingerprint density at radius 2 is 1.80 bits per heavy atom. The molecular weight excluding hydrogens is 246 g/mol. The highest BCUT2D eigenvalue weighted by atomic mass is 16.5. The summed E-state index contributed by atoms with van der Waals surface area (Å²) in [6.07, 6.45) is 0.958. The molecule has 0 fully saturated rings. The molecule has 0 unspecified atom stereocenters. The van der Waals surface area contributed by atoms with E-state index in [0.29, 0.717) is 0 Å². The SMILES string of the molecule is CCc1cc(-c2ccc3c(c2)C(C)(C)CO3)ccc1N. The second-order valence-electron chi connectivity index (χ2n) is 6.15. The summed E-state index contributed by atoms with van der Waals surface area (Å²) in [6.45, 7) is 7.34. The lowest BCUT2D eigenvalue weighted by Gasteiger charge is -2.16. The average Bonchev–Trinajstić information content (AvgIpc) is 2.75. The number of benzene rings is 2. The number of hydrogen-bond donors (Lipinski definition) is 1. The van der Waals surface area contributed by atoms with Crippen LogP contribution in [0.2, 0.25) is 0 Å². The van der Waals surface area contributed by atoms with Gasteiger partial charge in [0.15, 0.2) is 0 Å². The van der Waals surface area contributed by atoms with Crippen LogP contribution in [0, 0.1) is 0 Å². The van der Waals surface area contributed by atoms with Crippen LogP contribution in [0.3, 0.4) is 0 Å². The van der Waals surface area contributed by atoms with E-state index >= 15 is 0 Å². The maximum Gasteiger partial charge on any atom is 0.123 e. The highest BCUT2D eigenvalue weighted by Crippen LogP contribution is 2.40. The van der Waals surface area contributed by atoms with Gasteiger partial charge in [-0.1, -0.05) is 32.9 Å². The van der Waals surface area contributed by atoms with Crippen molar-refractivity contribution >= 4 is 5.69 Å². The summed E-state index contributed by atoms with van der Waals surface area (Å²) in [6, 6.07) is 12.8. The van der Waals surface area contributed by atoms with Gasteiger partial charge in [0.05, 0.1) is 6.61 Å². The number of rotatable bonds is 2. The topological polar surface area (TPSA) is 35.2 Å². The number of nitrogen functional groups attached to an aromatic ring is 1. The molecule has 0 saturated carbocycles. The van der Waals surface area contributed by atoms with Crippen molar-refractivity contribution in [1.82, 2.24) is 0 Å².